The molecule has 0 saturated carbocycles. The summed E-state index contributed by atoms with van der Waals surface area (Å²) >= 11 is 17.7. The molecule has 7 heteroatoms. The van der Waals surface area contributed by atoms with Crippen molar-refractivity contribution < 1.29 is 4.79 Å². The summed E-state index contributed by atoms with van der Waals surface area (Å²) < 4.78 is 0. The van der Waals surface area contributed by atoms with E-state index < -0.39 is 5.91 Å². The third-order valence-corrected chi connectivity index (χ3v) is 3.73. The number of rotatable bonds is 4. The normalized spacial score (nSPS) is 10.9. The maximum Gasteiger partial charge on any atom is 0.267 e. The number of nitrogens with one attached hydrogen (secondary N) is 2. The van der Waals surface area contributed by atoms with Crippen LogP contribution < -0.4 is 10.6 Å². The molecule has 4 nitrogen and oxygen atoms in total. The summed E-state index contributed by atoms with van der Waals surface area (Å²) in [6.45, 7) is 1.83. The van der Waals surface area contributed by atoms with Crippen molar-refractivity contribution in [2.24, 2.45) is 0 Å². The lowest BCUT2D eigenvalue weighted by Gasteiger charge is -2.09. The molecule has 0 heterocycles. The second-order valence-corrected chi connectivity index (χ2v) is 6.19. The van der Waals surface area contributed by atoms with Gasteiger partial charge in [-0.1, -0.05) is 40.9 Å². The number of halogens is 3. The third-order valence-electron chi connectivity index (χ3n) is 3.06. The Balaban J connectivity index is 2.16. The highest BCUT2D eigenvalue weighted by Gasteiger charge is 2.11. The molecule has 0 unspecified atom stereocenters. The van der Waals surface area contributed by atoms with Crippen LogP contribution in [0.1, 0.15) is 5.56 Å². The van der Waals surface area contributed by atoms with Crippen LogP contribution in [0.25, 0.3) is 0 Å². The fourth-order valence-electron chi connectivity index (χ4n) is 1.86. The fourth-order valence-corrected chi connectivity index (χ4v) is 2.56. The number of carbonyl (C=O) groups excluding carboxylic acids is 1. The number of nitriles is 1. The van der Waals surface area contributed by atoms with Crippen molar-refractivity contribution in [3.63, 3.8) is 0 Å². The summed E-state index contributed by atoms with van der Waals surface area (Å²) in [5, 5.41) is 16.0. The molecule has 0 aliphatic rings. The molecular weight excluding hydrogens is 369 g/mol. The van der Waals surface area contributed by atoms with Gasteiger partial charge in [0.15, 0.2) is 0 Å². The van der Waals surface area contributed by atoms with Crippen molar-refractivity contribution in [1.82, 2.24) is 0 Å². The quantitative estimate of drug-likeness (QED) is 0.550. The van der Waals surface area contributed by atoms with E-state index in [4.69, 9.17) is 34.8 Å². The Morgan fingerprint density at radius 3 is 2.38 bits per heavy atom. The van der Waals surface area contributed by atoms with Crippen molar-refractivity contribution in [3.8, 4) is 6.07 Å². The first-order chi connectivity index (χ1) is 11.4. The highest BCUT2D eigenvalue weighted by atomic mass is 35.5. The van der Waals surface area contributed by atoms with Crippen molar-refractivity contribution in [2.45, 2.75) is 6.92 Å². The van der Waals surface area contributed by atoms with Gasteiger partial charge in [0.1, 0.15) is 11.6 Å². The van der Waals surface area contributed by atoms with Gasteiger partial charge in [-0.05, 0) is 42.8 Å². The van der Waals surface area contributed by atoms with Gasteiger partial charge in [0.25, 0.3) is 5.91 Å². The number of carbonyl (C=O) groups is 1. The molecule has 0 aliphatic carbocycles. The Labute approximate surface area is 154 Å². The molecule has 0 aromatic heterocycles. The van der Waals surface area contributed by atoms with Crippen LogP contribution in [0, 0.1) is 18.3 Å². The number of aryl methyl sites for hydroxylation is 1. The Hall–Kier alpha value is -2.19. The summed E-state index contributed by atoms with van der Waals surface area (Å²) in [6.07, 6.45) is 1.29. The lowest BCUT2D eigenvalue weighted by atomic mass is 10.2. The standard InChI is InChI=1S/C17H12Cl3N3O/c1-10-2-3-12(18)7-16(10)23-17(24)11(8-21)9-22-15-5-13(19)4-14(20)6-15/h2-7,9,22H,1H3,(H,23,24)/b11-9-. The Morgan fingerprint density at radius 2 is 1.75 bits per heavy atom. The van der Waals surface area contributed by atoms with Crippen molar-refractivity contribution in [2.75, 3.05) is 10.6 Å². The van der Waals surface area contributed by atoms with E-state index in [0.29, 0.717) is 26.4 Å². The minimum Gasteiger partial charge on any atom is -0.360 e. The monoisotopic (exact) mass is 379 g/mol. The molecule has 2 aromatic carbocycles. The summed E-state index contributed by atoms with van der Waals surface area (Å²) in [7, 11) is 0. The molecular formula is C17H12Cl3N3O. The van der Waals surface area contributed by atoms with Gasteiger partial charge in [0, 0.05) is 32.6 Å². The number of amides is 1. The van der Waals surface area contributed by atoms with Gasteiger partial charge in [-0.15, -0.1) is 0 Å². The number of hydrogen-bond donors (Lipinski definition) is 2. The zero-order valence-electron chi connectivity index (χ0n) is 12.5. The first kappa shape index (κ1) is 18.2. The average Bonchev–Trinajstić information content (AvgIpc) is 2.50. The number of benzene rings is 2. The lowest BCUT2D eigenvalue weighted by molar-refractivity contribution is -0.112. The molecule has 0 bridgehead atoms. The third kappa shape index (κ3) is 4.90. The van der Waals surface area contributed by atoms with Crippen LogP contribution in [0.15, 0.2) is 48.2 Å². The van der Waals surface area contributed by atoms with Gasteiger partial charge < -0.3 is 10.6 Å². The van der Waals surface area contributed by atoms with Gasteiger partial charge in [-0.25, -0.2) is 0 Å². The van der Waals surface area contributed by atoms with Crippen molar-refractivity contribution in [3.05, 3.63) is 68.8 Å². The predicted molar refractivity (Wildman–Crippen MR) is 98.6 cm³/mol. The van der Waals surface area contributed by atoms with Crippen molar-refractivity contribution in [1.29, 1.82) is 5.26 Å². The molecule has 0 atom stereocenters. The molecule has 0 spiro atoms. The van der Waals surface area contributed by atoms with E-state index >= 15 is 0 Å². The summed E-state index contributed by atoms with van der Waals surface area (Å²) in [6, 6.07) is 11.8. The van der Waals surface area contributed by atoms with E-state index in [1.807, 2.05) is 13.0 Å². The van der Waals surface area contributed by atoms with Crippen LogP contribution in [0.3, 0.4) is 0 Å². The molecule has 2 N–H and O–H groups in total. The molecule has 0 aliphatic heterocycles. The predicted octanol–water partition coefficient (Wildman–Crippen LogP) is 5.41. The van der Waals surface area contributed by atoms with Crippen LogP contribution in [-0.2, 0) is 4.79 Å². The van der Waals surface area contributed by atoms with Gasteiger partial charge >= 0.3 is 0 Å². The van der Waals surface area contributed by atoms with E-state index in [0.717, 1.165) is 5.56 Å². The van der Waals surface area contributed by atoms with Crippen LogP contribution >= 0.6 is 34.8 Å². The molecule has 2 rings (SSSR count). The maximum atomic E-state index is 12.2. The first-order valence-electron chi connectivity index (χ1n) is 6.79. The summed E-state index contributed by atoms with van der Waals surface area (Å²) in [5.74, 6) is -0.552. The Bertz CT molecular complexity index is 836. The molecule has 0 radical (unpaired) electrons. The molecule has 122 valence electrons. The van der Waals surface area contributed by atoms with Gasteiger partial charge in [-0.2, -0.15) is 5.26 Å². The molecule has 0 saturated heterocycles. The Kier molecular flexibility index (Phi) is 6.10. The lowest BCUT2D eigenvalue weighted by Crippen LogP contribution is -2.15. The molecule has 2 aromatic rings. The molecule has 24 heavy (non-hydrogen) atoms. The molecule has 1 amide bonds. The number of anilines is 2. The fraction of sp³-hybridized carbons (Fsp3) is 0.0588. The summed E-state index contributed by atoms with van der Waals surface area (Å²) in [5.41, 5.74) is 1.83. The van der Waals surface area contributed by atoms with Crippen LogP contribution in [0.4, 0.5) is 11.4 Å². The van der Waals surface area contributed by atoms with Gasteiger partial charge in [0.2, 0.25) is 0 Å². The largest absolute Gasteiger partial charge is 0.360 e. The average molecular weight is 381 g/mol. The number of hydrogen-bond acceptors (Lipinski definition) is 3. The van der Waals surface area contributed by atoms with E-state index in [9.17, 15) is 10.1 Å². The van der Waals surface area contributed by atoms with E-state index in [2.05, 4.69) is 10.6 Å². The smallest absolute Gasteiger partial charge is 0.267 e. The molecule has 0 fully saturated rings. The second-order valence-electron chi connectivity index (χ2n) is 4.89. The van der Waals surface area contributed by atoms with Gasteiger partial charge in [-0.3, -0.25) is 4.79 Å². The number of nitrogens with zero attached hydrogens (tertiary/aromatic N) is 1. The summed E-state index contributed by atoms with van der Waals surface area (Å²) in [4.78, 5) is 12.2. The van der Waals surface area contributed by atoms with E-state index in [1.165, 1.54) is 6.20 Å². The maximum absolute atomic E-state index is 12.2. The first-order valence-corrected chi connectivity index (χ1v) is 7.93. The topological polar surface area (TPSA) is 64.9 Å². The van der Waals surface area contributed by atoms with Crippen molar-refractivity contribution >= 4 is 52.1 Å². The zero-order valence-corrected chi connectivity index (χ0v) is 14.8. The van der Waals surface area contributed by atoms with Gasteiger partial charge in [0.05, 0.1) is 0 Å². The van der Waals surface area contributed by atoms with Crippen LogP contribution in [0.2, 0.25) is 15.1 Å². The highest BCUT2D eigenvalue weighted by Crippen LogP contribution is 2.23. The minimum atomic E-state index is -0.552. The zero-order chi connectivity index (χ0) is 17.7. The minimum absolute atomic E-state index is 0.106. The highest BCUT2D eigenvalue weighted by molar-refractivity contribution is 6.35. The second kappa shape index (κ2) is 8.07. The van der Waals surface area contributed by atoms with Crippen LogP contribution in [-0.4, -0.2) is 5.91 Å². The van der Waals surface area contributed by atoms with Crippen LogP contribution in [0.5, 0.6) is 0 Å². The van der Waals surface area contributed by atoms with E-state index in [1.54, 1.807) is 36.4 Å². The SMILES string of the molecule is Cc1ccc(Cl)cc1NC(=O)/C(C#N)=C\Nc1cc(Cl)cc(Cl)c1. The Morgan fingerprint density at radius 1 is 1.08 bits per heavy atom. The van der Waals surface area contributed by atoms with E-state index in [-0.39, 0.29) is 5.57 Å².